The Kier molecular flexibility index (Phi) is 3.54. The average molecular weight is 215 g/mol. The average Bonchev–Trinajstić information content (AvgIpc) is 2.01. The van der Waals surface area contributed by atoms with E-state index in [2.05, 4.69) is 9.97 Å². The summed E-state index contributed by atoms with van der Waals surface area (Å²) in [7, 11) is 0. The Morgan fingerprint density at radius 1 is 1.64 bits per heavy atom. The Balaban J connectivity index is 2.82. The van der Waals surface area contributed by atoms with Gasteiger partial charge in [0.2, 0.25) is 0 Å². The van der Waals surface area contributed by atoms with Crippen molar-refractivity contribution in [2.24, 2.45) is 0 Å². The van der Waals surface area contributed by atoms with Crippen molar-refractivity contribution in [1.29, 1.82) is 0 Å². The number of nitrogens with zero attached hydrogens (tertiary/aromatic N) is 1. The molecule has 0 aliphatic heterocycles. The van der Waals surface area contributed by atoms with E-state index in [0.29, 0.717) is 5.16 Å². The van der Waals surface area contributed by atoms with Crippen LogP contribution < -0.4 is 11.3 Å². The van der Waals surface area contributed by atoms with Gasteiger partial charge in [-0.15, -0.1) is 0 Å². The van der Waals surface area contributed by atoms with E-state index in [-0.39, 0.29) is 16.6 Å². The zero-order valence-electron chi connectivity index (χ0n) is 8.02. The Bertz CT molecular complexity index is 364. The largest absolute Gasteiger partial charge is 0.392 e. The monoisotopic (exact) mass is 215 g/mol. The van der Waals surface area contributed by atoms with Gasteiger partial charge >= 0.3 is 0 Å². The number of nitrogens with one attached hydrogen (secondary N) is 1. The number of nitrogens with two attached hydrogens (primary N) is 1. The fraction of sp³-hybridized carbons (Fsp3) is 0.500. The molecule has 4 N–H and O–H groups in total. The van der Waals surface area contributed by atoms with Gasteiger partial charge in [0.1, 0.15) is 5.82 Å². The van der Waals surface area contributed by atoms with E-state index in [1.165, 1.54) is 17.8 Å². The molecule has 5 nitrogen and oxygen atoms in total. The lowest BCUT2D eigenvalue weighted by molar-refractivity contribution is 0.196. The molecule has 2 unspecified atom stereocenters. The van der Waals surface area contributed by atoms with Crippen molar-refractivity contribution in [3.63, 3.8) is 0 Å². The molecule has 0 aromatic carbocycles. The van der Waals surface area contributed by atoms with Crippen LogP contribution in [0.2, 0.25) is 0 Å². The molecule has 0 saturated heterocycles. The van der Waals surface area contributed by atoms with Gasteiger partial charge in [0, 0.05) is 11.3 Å². The minimum atomic E-state index is -0.466. The van der Waals surface area contributed by atoms with Crippen molar-refractivity contribution in [2.45, 2.75) is 30.4 Å². The number of H-pyrrole nitrogens is 1. The third-order valence-electron chi connectivity index (χ3n) is 1.72. The van der Waals surface area contributed by atoms with Gasteiger partial charge in [0.15, 0.2) is 5.16 Å². The molecule has 1 heterocycles. The van der Waals surface area contributed by atoms with Gasteiger partial charge in [0.25, 0.3) is 5.56 Å². The van der Waals surface area contributed by atoms with Crippen molar-refractivity contribution in [1.82, 2.24) is 9.97 Å². The minimum absolute atomic E-state index is 0.0417. The summed E-state index contributed by atoms with van der Waals surface area (Å²) in [5.74, 6) is 0.189. The molecule has 78 valence electrons. The molecule has 1 aromatic heterocycles. The summed E-state index contributed by atoms with van der Waals surface area (Å²) in [6.45, 7) is 3.53. The predicted octanol–water partition coefficient (Wildman–Crippen LogP) is 0.213. The van der Waals surface area contributed by atoms with Crippen LogP contribution in [0, 0.1) is 0 Å². The number of thioether (sulfide) groups is 1. The summed E-state index contributed by atoms with van der Waals surface area (Å²) in [6, 6.07) is 1.22. The van der Waals surface area contributed by atoms with Gasteiger partial charge < -0.3 is 15.8 Å². The van der Waals surface area contributed by atoms with E-state index in [1.807, 2.05) is 6.92 Å². The summed E-state index contributed by atoms with van der Waals surface area (Å²) >= 11 is 1.28. The first-order chi connectivity index (χ1) is 6.49. The molecule has 0 fully saturated rings. The normalized spacial score (nSPS) is 15.1. The van der Waals surface area contributed by atoms with Gasteiger partial charge in [-0.2, -0.15) is 0 Å². The molecule has 1 rings (SSSR count). The molecule has 0 spiro atoms. The highest BCUT2D eigenvalue weighted by Gasteiger charge is 2.12. The minimum Gasteiger partial charge on any atom is -0.392 e. The highest BCUT2D eigenvalue weighted by Crippen LogP contribution is 2.20. The Hall–Kier alpha value is -1.01. The molecule has 14 heavy (non-hydrogen) atoms. The van der Waals surface area contributed by atoms with Crippen LogP contribution in [0.4, 0.5) is 5.82 Å². The van der Waals surface area contributed by atoms with Crippen molar-refractivity contribution >= 4 is 17.6 Å². The molecule has 0 amide bonds. The van der Waals surface area contributed by atoms with Gasteiger partial charge in [-0.05, 0) is 6.92 Å². The second kappa shape index (κ2) is 4.47. The van der Waals surface area contributed by atoms with Crippen LogP contribution in [0.5, 0.6) is 0 Å². The van der Waals surface area contributed by atoms with Gasteiger partial charge in [-0.1, -0.05) is 18.7 Å². The number of nitrogen functional groups attached to an aromatic ring is 1. The van der Waals surface area contributed by atoms with E-state index in [9.17, 15) is 9.90 Å². The number of aromatic amines is 1. The van der Waals surface area contributed by atoms with Gasteiger partial charge in [0.05, 0.1) is 6.10 Å². The van der Waals surface area contributed by atoms with Gasteiger partial charge in [-0.3, -0.25) is 4.79 Å². The Labute approximate surface area is 85.7 Å². The summed E-state index contributed by atoms with van der Waals surface area (Å²) < 4.78 is 0. The molecule has 2 atom stereocenters. The smallest absolute Gasteiger partial charge is 0.253 e. The third-order valence-corrected chi connectivity index (χ3v) is 2.90. The number of hydrogen-bond donors (Lipinski definition) is 3. The maximum absolute atomic E-state index is 11.0. The molecule has 0 radical (unpaired) electrons. The molecule has 0 bridgehead atoms. The summed E-state index contributed by atoms with van der Waals surface area (Å²) in [5, 5.41) is 9.64. The van der Waals surface area contributed by atoms with Crippen LogP contribution in [-0.4, -0.2) is 26.4 Å². The number of rotatable bonds is 3. The van der Waals surface area contributed by atoms with Crippen molar-refractivity contribution < 1.29 is 5.11 Å². The summed E-state index contributed by atoms with van der Waals surface area (Å²) in [6.07, 6.45) is -0.466. The maximum Gasteiger partial charge on any atom is 0.253 e. The van der Waals surface area contributed by atoms with E-state index < -0.39 is 6.10 Å². The second-order valence-corrected chi connectivity index (χ2v) is 4.40. The van der Waals surface area contributed by atoms with Crippen LogP contribution in [0.25, 0.3) is 0 Å². The van der Waals surface area contributed by atoms with Crippen LogP contribution in [0.1, 0.15) is 13.8 Å². The fourth-order valence-electron chi connectivity index (χ4n) is 0.784. The fourth-order valence-corrected chi connectivity index (χ4v) is 1.65. The first kappa shape index (κ1) is 11.1. The highest BCUT2D eigenvalue weighted by molar-refractivity contribution is 7.99. The standard InChI is InChI=1S/C8H13N3O2S/c1-4(12)5(2)14-8-10-6(9)3-7(13)11-8/h3-5,12H,1-2H3,(H3,9,10,11,13). The van der Waals surface area contributed by atoms with E-state index in [4.69, 9.17) is 5.73 Å². The van der Waals surface area contributed by atoms with E-state index in [1.54, 1.807) is 6.92 Å². The van der Waals surface area contributed by atoms with Crippen molar-refractivity contribution in [2.75, 3.05) is 5.73 Å². The first-order valence-electron chi connectivity index (χ1n) is 4.20. The molecule has 1 aromatic rings. The third kappa shape index (κ3) is 3.04. The molecule has 0 aliphatic carbocycles. The highest BCUT2D eigenvalue weighted by atomic mass is 32.2. The zero-order chi connectivity index (χ0) is 10.7. The molecular formula is C8H13N3O2S. The summed E-state index contributed by atoms with van der Waals surface area (Å²) in [5.41, 5.74) is 5.12. The number of hydrogen-bond acceptors (Lipinski definition) is 5. The van der Waals surface area contributed by atoms with Crippen molar-refractivity contribution in [3.05, 3.63) is 16.4 Å². The topological polar surface area (TPSA) is 92.0 Å². The maximum atomic E-state index is 11.0. The molecule has 0 aliphatic rings. The Morgan fingerprint density at radius 2 is 2.29 bits per heavy atom. The molecule has 0 saturated carbocycles. The lowest BCUT2D eigenvalue weighted by Gasteiger charge is -2.12. The number of aliphatic hydroxyl groups is 1. The second-order valence-electron chi connectivity index (χ2n) is 3.04. The Morgan fingerprint density at radius 3 is 2.79 bits per heavy atom. The number of aliphatic hydroxyl groups excluding tert-OH is 1. The van der Waals surface area contributed by atoms with Crippen LogP contribution in [-0.2, 0) is 0 Å². The van der Waals surface area contributed by atoms with E-state index >= 15 is 0 Å². The molecular weight excluding hydrogens is 202 g/mol. The number of anilines is 1. The van der Waals surface area contributed by atoms with Crippen LogP contribution >= 0.6 is 11.8 Å². The van der Waals surface area contributed by atoms with Crippen molar-refractivity contribution in [3.8, 4) is 0 Å². The van der Waals surface area contributed by atoms with Crippen LogP contribution in [0.15, 0.2) is 16.0 Å². The van der Waals surface area contributed by atoms with Gasteiger partial charge in [-0.25, -0.2) is 4.98 Å². The quantitative estimate of drug-likeness (QED) is 0.495. The number of aromatic nitrogens is 2. The SMILES string of the molecule is CC(O)C(C)Sc1nc(N)cc(=O)[nH]1. The zero-order valence-corrected chi connectivity index (χ0v) is 8.84. The summed E-state index contributed by atoms with van der Waals surface area (Å²) in [4.78, 5) is 17.5. The predicted molar refractivity (Wildman–Crippen MR) is 56.3 cm³/mol. The van der Waals surface area contributed by atoms with Crippen LogP contribution in [0.3, 0.4) is 0 Å². The lowest BCUT2D eigenvalue weighted by atomic mass is 10.3. The lowest BCUT2D eigenvalue weighted by Crippen LogP contribution is -2.17. The van der Waals surface area contributed by atoms with E-state index in [0.717, 1.165) is 0 Å². The molecule has 6 heteroatoms. The first-order valence-corrected chi connectivity index (χ1v) is 5.08.